The highest BCUT2D eigenvalue weighted by Gasteiger charge is 2.33. The van der Waals surface area contributed by atoms with Crippen molar-refractivity contribution >= 4 is 17.4 Å². The number of nitriles is 1. The largest absolute Gasteiger partial charge is 0.475 e. The summed E-state index contributed by atoms with van der Waals surface area (Å²) in [7, 11) is 0. The molecule has 0 unspecified atom stereocenters. The molecule has 27 heavy (non-hydrogen) atoms. The number of imidazole rings is 1. The summed E-state index contributed by atoms with van der Waals surface area (Å²) in [6.45, 7) is 0.144. The molecule has 10 heteroatoms. The first kappa shape index (κ1) is 18.2. The number of pyridine rings is 2. The first-order valence-electron chi connectivity index (χ1n) is 7.76. The maximum Gasteiger partial charge on any atom is 0.416 e. The van der Waals surface area contributed by atoms with Crippen molar-refractivity contribution in [3.05, 3.63) is 54.0 Å². The topological polar surface area (TPSA) is 95.0 Å². The normalized spacial score (nSPS) is 11.3. The fourth-order valence-electron chi connectivity index (χ4n) is 2.63. The number of fused-ring (bicyclic) bond motifs is 1. The Balaban J connectivity index is 2.00. The Hall–Kier alpha value is -3.61. The number of carbonyl (C=O) groups is 1. The molecule has 3 heterocycles. The van der Waals surface area contributed by atoms with E-state index in [4.69, 9.17) is 5.26 Å². The molecule has 0 saturated heterocycles. The molecule has 0 bridgehead atoms. The van der Waals surface area contributed by atoms with Crippen LogP contribution < -0.4 is 9.72 Å². The molecule has 0 fully saturated rings. The van der Waals surface area contributed by atoms with Crippen LogP contribution in [0.3, 0.4) is 0 Å². The molecule has 0 saturated carbocycles. The molecular formula is C17H13F3N5O2+. The minimum atomic E-state index is -4.58. The van der Waals surface area contributed by atoms with Gasteiger partial charge in [-0.15, -0.1) is 0 Å². The Bertz CT molecular complexity index is 1050. The standard InChI is InChI=1S/C17H12F3N5O2/c18-17(19,20)11-5-7-22-12(10-11)23-15(26)14-16(27)25(9-3-6-21)13-4-1-2-8-24(13)14/h1-2,4-5,7-8,10H,3,9H2,(H-,22,23,26,27)/p+1. The van der Waals surface area contributed by atoms with E-state index in [-0.39, 0.29) is 24.5 Å². The van der Waals surface area contributed by atoms with E-state index in [2.05, 4.69) is 10.3 Å². The van der Waals surface area contributed by atoms with Gasteiger partial charge < -0.3 is 10.4 Å². The number of rotatable bonds is 4. The van der Waals surface area contributed by atoms with Crippen molar-refractivity contribution < 1.29 is 27.5 Å². The number of hydrogen-bond acceptors (Lipinski definition) is 4. The van der Waals surface area contributed by atoms with Crippen molar-refractivity contribution in [3.8, 4) is 11.9 Å². The SMILES string of the molecule is N#CCCn1c(O)c(C(=O)Nc2cc(C(F)(F)F)ccn2)[n+]2ccccc12. The van der Waals surface area contributed by atoms with E-state index in [0.29, 0.717) is 11.7 Å². The minimum absolute atomic E-state index is 0.100. The highest BCUT2D eigenvalue weighted by atomic mass is 19.4. The first-order chi connectivity index (χ1) is 12.8. The summed E-state index contributed by atoms with van der Waals surface area (Å²) in [5.74, 6) is -1.54. The van der Waals surface area contributed by atoms with Crippen LogP contribution >= 0.6 is 0 Å². The van der Waals surface area contributed by atoms with E-state index in [9.17, 15) is 23.1 Å². The number of hydrogen-bond donors (Lipinski definition) is 2. The molecule has 7 nitrogen and oxygen atoms in total. The summed E-state index contributed by atoms with van der Waals surface area (Å²) < 4.78 is 41.2. The van der Waals surface area contributed by atoms with E-state index < -0.39 is 23.5 Å². The molecule has 0 aliphatic rings. The van der Waals surface area contributed by atoms with Crippen molar-refractivity contribution in [2.45, 2.75) is 19.1 Å². The molecule has 3 aromatic rings. The van der Waals surface area contributed by atoms with E-state index in [0.717, 1.165) is 12.3 Å². The molecule has 0 aliphatic heterocycles. The molecule has 0 radical (unpaired) electrons. The molecule has 1 amide bonds. The fraction of sp³-hybridized carbons (Fsp3) is 0.176. The van der Waals surface area contributed by atoms with Crippen molar-refractivity contribution in [2.24, 2.45) is 0 Å². The van der Waals surface area contributed by atoms with Gasteiger partial charge in [-0.05, 0) is 18.2 Å². The third-order valence-corrected chi connectivity index (χ3v) is 3.81. The van der Waals surface area contributed by atoms with Crippen molar-refractivity contribution in [1.29, 1.82) is 5.26 Å². The third kappa shape index (κ3) is 3.52. The lowest BCUT2D eigenvalue weighted by Crippen LogP contribution is -2.30. The van der Waals surface area contributed by atoms with Gasteiger partial charge in [0.1, 0.15) is 12.4 Å². The van der Waals surface area contributed by atoms with Crippen LogP contribution in [-0.2, 0) is 12.7 Å². The second-order valence-corrected chi connectivity index (χ2v) is 5.54. The van der Waals surface area contributed by atoms with Gasteiger partial charge in [-0.3, -0.25) is 4.79 Å². The number of amides is 1. The number of alkyl halides is 3. The van der Waals surface area contributed by atoms with Gasteiger partial charge in [0.15, 0.2) is 0 Å². The molecule has 138 valence electrons. The average molecular weight is 376 g/mol. The zero-order chi connectivity index (χ0) is 19.6. The lowest BCUT2D eigenvalue weighted by molar-refractivity contribution is -0.513. The van der Waals surface area contributed by atoms with Gasteiger partial charge in [-0.2, -0.15) is 27.4 Å². The van der Waals surface area contributed by atoms with Crippen LogP contribution in [0.2, 0.25) is 0 Å². The van der Waals surface area contributed by atoms with Crippen molar-refractivity contribution in [3.63, 3.8) is 0 Å². The number of nitrogens with zero attached hydrogens (tertiary/aromatic N) is 4. The van der Waals surface area contributed by atoms with Crippen molar-refractivity contribution in [2.75, 3.05) is 5.32 Å². The Labute approximate surface area is 150 Å². The second kappa shape index (κ2) is 6.95. The van der Waals surface area contributed by atoms with Crippen LogP contribution in [0.15, 0.2) is 42.7 Å². The number of aryl methyl sites for hydroxylation is 1. The average Bonchev–Trinajstić information content (AvgIpc) is 2.91. The lowest BCUT2D eigenvalue weighted by Gasteiger charge is -2.08. The maximum atomic E-state index is 12.8. The monoisotopic (exact) mass is 376 g/mol. The van der Waals surface area contributed by atoms with Crippen LogP contribution in [-0.4, -0.2) is 20.6 Å². The molecule has 3 aromatic heterocycles. The van der Waals surface area contributed by atoms with Gasteiger partial charge in [0, 0.05) is 12.3 Å². The Morgan fingerprint density at radius 1 is 1.37 bits per heavy atom. The number of halogens is 3. The van der Waals surface area contributed by atoms with Gasteiger partial charge in [0.2, 0.25) is 0 Å². The molecular weight excluding hydrogens is 363 g/mol. The molecule has 0 aromatic carbocycles. The predicted molar refractivity (Wildman–Crippen MR) is 86.7 cm³/mol. The fourth-order valence-corrected chi connectivity index (χ4v) is 2.63. The highest BCUT2D eigenvalue weighted by molar-refractivity contribution is 6.03. The van der Waals surface area contributed by atoms with Crippen LogP contribution in [0.1, 0.15) is 22.5 Å². The summed E-state index contributed by atoms with van der Waals surface area (Å²) in [5, 5.41) is 21.5. The second-order valence-electron chi connectivity index (χ2n) is 5.54. The van der Waals surface area contributed by atoms with E-state index in [1.54, 1.807) is 18.2 Å². The minimum Gasteiger partial charge on any atom is -0.475 e. The van der Waals surface area contributed by atoms with Gasteiger partial charge in [0.25, 0.3) is 11.3 Å². The number of anilines is 1. The van der Waals surface area contributed by atoms with E-state index >= 15 is 0 Å². The lowest BCUT2D eigenvalue weighted by atomic mass is 10.2. The summed E-state index contributed by atoms with van der Waals surface area (Å²) in [4.78, 5) is 16.3. The molecule has 0 spiro atoms. The zero-order valence-corrected chi connectivity index (χ0v) is 13.7. The summed E-state index contributed by atoms with van der Waals surface area (Å²) in [5.41, 5.74) is -0.684. The maximum absolute atomic E-state index is 12.8. The molecule has 2 N–H and O–H groups in total. The van der Waals surface area contributed by atoms with Crippen LogP contribution in [0, 0.1) is 11.3 Å². The Morgan fingerprint density at radius 3 is 2.85 bits per heavy atom. The van der Waals surface area contributed by atoms with E-state index in [1.807, 2.05) is 6.07 Å². The molecule has 3 rings (SSSR count). The van der Waals surface area contributed by atoms with Gasteiger partial charge in [0.05, 0.1) is 24.3 Å². The summed E-state index contributed by atoms with van der Waals surface area (Å²) >= 11 is 0. The van der Waals surface area contributed by atoms with Crippen LogP contribution in [0.4, 0.5) is 19.0 Å². The predicted octanol–water partition coefficient (Wildman–Crippen LogP) is 2.51. The van der Waals surface area contributed by atoms with Gasteiger partial charge in [-0.1, -0.05) is 6.07 Å². The summed E-state index contributed by atoms with van der Waals surface area (Å²) in [6.07, 6.45) is -2.02. The first-order valence-corrected chi connectivity index (χ1v) is 7.76. The number of nitrogens with one attached hydrogen (secondary N) is 1. The smallest absolute Gasteiger partial charge is 0.416 e. The van der Waals surface area contributed by atoms with Crippen molar-refractivity contribution in [1.82, 2.24) is 9.55 Å². The number of carbonyl (C=O) groups excluding carboxylic acids is 1. The van der Waals surface area contributed by atoms with E-state index in [1.165, 1.54) is 15.2 Å². The molecule has 0 aliphatic carbocycles. The van der Waals surface area contributed by atoms with Crippen LogP contribution in [0.25, 0.3) is 5.65 Å². The third-order valence-electron chi connectivity index (χ3n) is 3.81. The summed E-state index contributed by atoms with van der Waals surface area (Å²) in [6, 6.07) is 8.39. The highest BCUT2D eigenvalue weighted by Crippen LogP contribution is 2.30. The number of aromatic hydroxyl groups is 1. The Morgan fingerprint density at radius 2 is 2.15 bits per heavy atom. The zero-order valence-electron chi connectivity index (χ0n) is 13.7. The molecule has 0 atom stereocenters. The quantitative estimate of drug-likeness (QED) is 0.684. The van der Waals surface area contributed by atoms with Gasteiger partial charge >= 0.3 is 18.0 Å². The van der Waals surface area contributed by atoms with Gasteiger partial charge in [-0.25, -0.2) is 4.98 Å². The Kier molecular flexibility index (Phi) is 4.68. The number of aromatic nitrogens is 3. The van der Waals surface area contributed by atoms with Crippen LogP contribution in [0.5, 0.6) is 5.88 Å².